The van der Waals surface area contributed by atoms with Gasteiger partial charge in [0, 0.05) is 6.54 Å². The summed E-state index contributed by atoms with van der Waals surface area (Å²) in [5, 5.41) is 2.66. The number of ether oxygens (including phenoxy) is 1. The van der Waals surface area contributed by atoms with Crippen LogP contribution in [0.5, 0.6) is 0 Å². The van der Waals surface area contributed by atoms with Gasteiger partial charge in [-0.15, -0.1) is 19.1 Å². The molecule has 0 aromatic heterocycles. The molecule has 0 aromatic carbocycles. The molecule has 0 bridgehead atoms. The lowest BCUT2D eigenvalue weighted by Crippen LogP contribution is -2.24. The fourth-order valence-corrected chi connectivity index (χ4v) is 0.478. The second-order valence-corrected chi connectivity index (χ2v) is 1.90. The van der Waals surface area contributed by atoms with E-state index in [9.17, 15) is 13.2 Å². The second kappa shape index (κ2) is 5.86. The Kier molecular flexibility index (Phi) is 5.51. The van der Waals surface area contributed by atoms with Gasteiger partial charge in [-0.25, -0.2) is 0 Å². The molecule has 1 N–H and O–H groups in total. The van der Waals surface area contributed by atoms with E-state index >= 15 is 0 Å². The molecule has 12 heavy (non-hydrogen) atoms. The van der Waals surface area contributed by atoms with Crippen LogP contribution in [0, 0.1) is 11.8 Å². The fraction of sp³-hybridized carbons (Fsp3) is 0.714. The predicted molar refractivity (Wildman–Crippen MR) is 38.3 cm³/mol. The fourth-order valence-electron chi connectivity index (χ4n) is 0.478. The highest BCUT2D eigenvalue weighted by Crippen LogP contribution is 2.14. The first-order valence-electron chi connectivity index (χ1n) is 3.37. The zero-order valence-corrected chi connectivity index (χ0v) is 6.66. The maximum atomic E-state index is 11.4. The van der Waals surface area contributed by atoms with Gasteiger partial charge in [0.2, 0.25) is 0 Å². The number of nitrogens with one attached hydrogen (secondary N) is 1. The van der Waals surface area contributed by atoms with Crippen LogP contribution in [-0.4, -0.2) is 26.1 Å². The van der Waals surface area contributed by atoms with Crippen molar-refractivity contribution in [1.29, 1.82) is 0 Å². The Hall–Kier alpha value is -0.730. The maximum absolute atomic E-state index is 11.4. The molecule has 0 unspecified atom stereocenters. The smallest absolute Gasteiger partial charge is 0.304 e. The van der Waals surface area contributed by atoms with Crippen LogP contribution in [0.25, 0.3) is 0 Å². The van der Waals surface area contributed by atoms with E-state index in [1.165, 1.54) is 0 Å². The summed E-state index contributed by atoms with van der Waals surface area (Å²) in [7, 11) is 0. The third kappa shape index (κ3) is 9.27. The van der Waals surface area contributed by atoms with Crippen LogP contribution in [0.2, 0.25) is 0 Å². The largest absolute Gasteiger partial charge is 0.522 e. The molecule has 0 aromatic rings. The molecular formula is C7H10F3NO. The van der Waals surface area contributed by atoms with Crippen molar-refractivity contribution in [2.24, 2.45) is 0 Å². The number of rotatable bonds is 4. The molecule has 2 nitrogen and oxygen atoms in total. The maximum Gasteiger partial charge on any atom is 0.522 e. The number of hydrogen-bond donors (Lipinski definition) is 1. The van der Waals surface area contributed by atoms with Crippen molar-refractivity contribution in [2.45, 2.75) is 13.3 Å². The lowest BCUT2D eigenvalue weighted by molar-refractivity contribution is -0.323. The summed E-state index contributed by atoms with van der Waals surface area (Å²) in [4.78, 5) is 0. The molecule has 0 rings (SSSR count). The summed E-state index contributed by atoms with van der Waals surface area (Å²) in [6.45, 7) is 1.81. The van der Waals surface area contributed by atoms with Gasteiger partial charge in [0.15, 0.2) is 0 Å². The summed E-state index contributed by atoms with van der Waals surface area (Å²) >= 11 is 0. The van der Waals surface area contributed by atoms with Gasteiger partial charge in [0.1, 0.15) is 0 Å². The van der Waals surface area contributed by atoms with Crippen molar-refractivity contribution < 1.29 is 17.9 Å². The van der Waals surface area contributed by atoms with E-state index in [0.29, 0.717) is 6.54 Å². The van der Waals surface area contributed by atoms with Crippen molar-refractivity contribution in [1.82, 2.24) is 5.32 Å². The summed E-state index contributed by atoms with van der Waals surface area (Å²) in [5.41, 5.74) is 0. The standard InChI is InChI=1S/C7H10F3NO/c1-2-3-4-11-5-6-12-7(8,9)10/h11H,4-6H2,1H3. The van der Waals surface area contributed by atoms with Gasteiger partial charge >= 0.3 is 6.36 Å². The third-order valence-electron chi connectivity index (χ3n) is 0.935. The summed E-state index contributed by atoms with van der Waals surface area (Å²) in [6.07, 6.45) is -4.53. The molecule has 5 heteroatoms. The van der Waals surface area contributed by atoms with Crippen LogP contribution in [-0.2, 0) is 4.74 Å². The first-order valence-corrected chi connectivity index (χ1v) is 3.37. The highest BCUT2D eigenvalue weighted by atomic mass is 19.4. The molecule has 0 atom stereocenters. The molecule has 0 saturated heterocycles. The Balaban J connectivity index is 3.15. The number of halogens is 3. The normalized spacial score (nSPS) is 10.7. The molecule has 0 aliphatic heterocycles. The zero-order chi connectivity index (χ0) is 9.45. The predicted octanol–water partition coefficient (Wildman–Crippen LogP) is 1.14. The van der Waals surface area contributed by atoms with E-state index in [4.69, 9.17) is 0 Å². The summed E-state index contributed by atoms with van der Waals surface area (Å²) < 4.78 is 37.6. The quantitative estimate of drug-likeness (QED) is 0.518. The van der Waals surface area contributed by atoms with E-state index < -0.39 is 6.36 Å². The minimum atomic E-state index is -4.53. The molecule has 70 valence electrons. The molecular weight excluding hydrogens is 171 g/mol. The van der Waals surface area contributed by atoms with Crippen LogP contribution in [0.1, 0.15) is 6.92 Å². The van der Waals surface area contributed by atoms with E-state index in [2.05, 4.69) is 21.9 Å². The number of hydrogen-bond acceptors (Lipinski definition) is 2. The van der Waals surface area contributed by atoms with Crippen LogP contribution in [0.4, 0.5) is 13.2 Å². The average Bonchev–Trinajstić information content (AvgIpc) is 1.94. The molecule has 0 heterocycles. The monoisotopic (exact) mass is 181 g/mol. The Morgan fingerprint density at radius 2 is 2.08 bits per heavy atom. The van der Waals surface area contributed by atoms with E-state index in [0.717, 1.165) is 0 Å². The first kappa shape index (κ1) is 11.3. The average molecular weight is 181 g/mol. The minimum absolute atomic E-state index is 0.147. The van der Waals surface area contributed by atoms with Gasteiger partial charge in [-0.05, 0) is 6.92 Å². The summed E-state index contributed by atoms with van der Waals surface area (Å²) in [5.74, 6) is 5.25. The van der Waals surface area contributed by atoms with Crippen LogP contribution >= 0.6 is 0 Å². The molecule has 0 spiro atoms. The van der Waals surface area contributed by atoms with Crippen LogP contribution in [0.15, 0.2) is 0 Å². The van der Waals surface area contributed by atoms with E-state index in [1.54, 1.807) is 6.92 Å². The highest BCUT2D eigenvalue weighted by Gasteiger charge is 2.28. The van der Waals surface area contributed by atoms with Gasteiger partial charge in [-0.1, -0.05) is 5.92 Å². The molecule has 0 aliphatic carbocycles. The van der Waals surface area contributed by atoms with Crippen molar-refractivity contribution in [3.8, 4) is 11.8 Å². The summed E-state index contributed by atoms with van der Waals surface area (Å²) in [6, 6.07) is 0. The highest BCUT2D eigenvalue weighted by molar-refractivity contribution is 4.96. The molecule has 0 aliphatic rings. The van der Waals surface area contributed by atoms with Crippen molar-refractivity contribution in [3.05, 3.63) is 0 Å². The molecule has 0 amide bonds. The third-order valence-corrected chi connectivity index (χ3v) is 0.935. The zero-order valence-electron chi connectivity index (χ0n) is 6.66. The van der Waals surface area contributed by atoms with Crippen LogP contribution < -0.4 is 5.32 Å². The molecule has 0 radical (unpaired) electrons. The molecule has 0 saturated carbocycles. The molecule has 0 fully saturated rings. The lowest BCUT2D eigenvalue weighted by atomic mass is 10.5. The Labute approximate surface area is 69.1 Å². The van der Waals surface area contributed by atoms with Crippen molar-refractivity contribution in [2.75, 3.05) is 19.7 Å². The SMILES string of the molecule is CC#CCNCCOC(F)(F)F. The van der Waals surface area contributed by atoms with Crippen molar-refractivity contribution >= 4 is 0 Å². The Morgan fingerprint density at radius 1 is 1.42 bits per heavy atom. The topological polar surface area (TPSA) is 21.3 Å². The minimum Gasteiger partial charge on any atom is -0.304 e. The van der Waals surface area contributed by atoms with Crippen molar-refractivity contribution in [3.63, 3.8) is 0 Å². The van der Waals surface area contributed by atoms with E-state index in [1.807, 2.05) is 0 Å². The number of alkyl halides is 3. The lowest BCUT2D eigenvalue weighted by Gasteiger charge is -2.06. The van der Waals surface area contributed by atoms with Gasteiger partial charge in [0.05, 0.1) is 13.2 Å². The van der Waals surface area contributed by atoms with Crippen LogP contribution in [0.3, 0.4) is 0 Å². The second-order valence-electron chi connectivity index (χ2n) is 1.90. The van der Waals surface area contributed by atoms with Gasteiger partial charge in [0.25, 0.3) is 0 Å². The van der Waals surface area contributed by atoms with Gasteiger partial charge < -0.3 is 5.32 Å². The van der Waals surface area contributed by atoms with E-state index in [-0.39, 0.29) is 13.2 Å². The van der Waals surface area contributed by atoms with Gasteiger partial charge in [-0.3, -0.25) is 4.74 Å². The Bertz CT molecular complexity index is 168. The Morgan fingerprint density at radius 3 is 2.58 bits per heavy atom. The van der Waals surface area contributed by atoms with Gasteiger partial charge in [-0.2, -0.15) is 0 Å². The first-order chi connectivity index (χ1) is 5.56.